The van der Waals surface area contributed by atoms with Gasteiger partial charge in [-0.05, 0) is 66.2 Å². The van der Waals surface area contributed by atoms with Gasteiger partial charge in [-0.25, -0.2) is 11.1 Å². The van der Waals surface area contributed by atoms with E-state index in [0.29, 0.717) is 0 Å². The first-order chi connectivity index (χ1) is 20.8. The molecule has 1 radical (unpaired) electrons. The zero-order valence-electron chi connectivity index (χ0n) is 23.6. The van der Waals surface area contributed by atoms with Crippen molar-refractivity contribution in [3.63, 3.8) is 0 Å². The predicted molar refractivity (Wildman–Crippen MR) is 178 cm³/mol. The first kappa shape index (κ1) is 27.5. The summed E-state index contributed by atoms with van der Waals surface area (Å²) >= 11 is 0. The van der Waals surface area contributed by atoms with Gasteiger partial charge in [-0.15, -0.1) is 18.2 Å². The van der Waals surface area contributed by atoms with Gasteiger partial charge in [0.1, 0.15) is 0 Å². The van der Waals surface area contributed by atoms with Gasteiger partial charge >= 0.3 is 0 Å². The molecule has 8 rings (SSSR count). The van der Waals surface area contributed by atoms with Gasteiger partial charge in [-0.1, -0.05) is 115 Å². The summed E-state index contributed by atoms with van der Waals surface area (Å²) in [7, 11) is 0. The molecule has 0 saturated carbocycles. The van der Waals surface area contributed by atoms with Crippen LogP contribution in [0.4, 0.5) is 0 Å². The molecule has 0 amide bonds. The minimum absolute atomic E-state index is 0. The second kappa shape index (κ2) is 11.7. The molecule has 0 unspecified atom stereocenters. The van der Waals surface area contributed by atoms with Gasteiger partial charge in [-0.3, -0.25) is 0 Å². The molecule has 0 spiro atoms. The van der Waals surface area contributed by atoms with Crippen molar-refractivity contribution in [3.05, 3.63) is 170 Å². The van der Waals surface area contributed by atoms with Crippen LogP contribution < -0.4 is 0 Å². The van der Waals surface area contributed by atoms with E-state index in [1.165, 1.54) is 65.7 Å². The third-order valence-electron chi connectivity index (χ3n) is 8.29. The van der Waals surface area contributed by atoms with E-state index in [0.717, 1.165) is 11.1 Å². The molecule has 8 aromatic carbocycles. The largest absolute Gasteiger partial charge is 0.226 e. The van der Waals surface area contributed by atoms with Crippen molar-refractivity contribution in [2.24, 2.45) is 0 Å². The van der Waals surface area contributed by atoms with Crippen molar-refractivity contribution in [1.29, 1.82) is 0 Å². The fourth-order valence-electron chi connectivity index (χ4n) is 6.26. The van der Waals surface area contributed by atoms with E-state index in [4.69, 9.17) is 0 Å². The molecule has 0 aliphatic rings. The molecule has 43 heavy (non-hydrogen) atoms. The Morgan fingerprint density at radius 1 is 0.349 bits per heavy atom. The fraction of sp³-hybridized carbons (Fsp3) is 0. The predicted octanol–water partition coefficient (Wildman–Crippen LogP) is 11.4. The molecule has 199 valence electrons. The number of hydrogen-bond donors (Lipinski definition) is 0. The molecular formula is C42H26Y-2. The van der Waals surface area contributed by atoms with Crippen molar-refractivity contribution < 1.29 is 32.7 Å². The maximum Gasteiger partial charge on any atom is 0 e. The van der Waals surface area contributed by atoms with Gasteiger partial charge in [0.2, 0.25) is 0 Å². The number of rotatable bonds is 4. The van der Waals surface area contributed by atoms with Gasteiger partial charge in [0.25, 0.3) is 0 Å². The van der Waals surface area contributed by atoms with Crippen molar-refractivity contribution in [1.82, 2.24) is 0 Å². The molecule has 0 aromatic heterocycles. The smallest absolute Gasteiger partial charge is 0 e. The Labute approximate surface area is 277 Å². The number of benzene rings is 8. The molecule has 0 bridgehead atoms. The standard InChI is InChI=1S/C42H26.Y/c1-2-10-29(11-3-1)31-18-23-33(24-19-31)41-37-14-6-8-16-39(37)42(40-17-9-7-15-38(40)41)34-25-20-32(21-26-34)36-27-22-30-12-4-5-13-35(30)28-36;/h1-10,12-18,20-28H;/q-2;. The van der Waals surface area contributed by atoms with E-state index in [9.17, 15) is 0 Å². The monoisotopic (exact) mass is 619 g/mol. The summed E-state index contributed by atoms with van der Waals surface area (Å²) in [4.78, 5) is 0. The van der Waals surface area contributed by atoms with Crippen LogP contribution in [-0.4, -0.2) is 0 Å². The SMILES string of the molecule is [Y].[c-]1ccccc1-c1[c-]cc(-c2c3ccccc3c(-c3ccc(-c4ccc5ccccc5c4)cc3)c3ccccc23)cc1. The molecule has 0 heterocycles. The van der Waals surface area contributed by atoms with E-state index >= 15 is 0 Å². The van der Waals surface area contributed by atoms with Crippen LogP contribution in [0.1, 0.15) is 0 Å². The second-order valence-corrected chi connectivity index (χ2v) is 10.7. The normalized spacial score (nSPS) is 11.1. The quantitative estimate of drug-likeness (QED) is 0.136. The Kier molecular flexibility index (Phi) is 7.50. The summed E-state index contributed by atoms with van der Waals surface area (Å²) in [6.45, 7) is 0. The summed E-state index contributed by atoms with van der Waals surface area (Å²) < 4.78 is 0. The Bertz CT molecular complexity index is 2150. The Morgan fingerprint density at radius 3 is 1.47 bits per heavy atom. The van der Waals surface area contributed by atoms with Gasteiger partial charge in [0.05, 0.1) is 0 Å². The maximum atomic E-state index is 3.53. The zero-order valence-corrected chi connectivity index (χ0v) is 26.4. The molecular weight excluding hydrogens is 593 g/mol. The molecule has 8 aromatic rings. The zero-order chi connectivity index (χ0) is 27.9. The van der Waals surface area contributed by atoms with Crippen LogP contribution in [0.5, 0.6) is 0 Å². The minimum Gasteiger partial charge on any atom is -0.226 e. The molecule has 0 aliphatic heterocycles. The molecule has 0 nitrogen and oxygen atoms in total. The van der Waals surface area contributed by atoms with E-state index in [1.807, 2.05) is 18.2 Å². The fourth-order valence-corrected chi connectivity index (χ4v) is 6.26. The Balaban J connectivity index is 0.00000300. The van der Waals surface area contributed by atoms with Gasteiger partial charge in [-0.2, -0.15) is 36.4 Å². The molecule has 0 atom stereocenters. The van der Waals surface area contributed by atoms with Crippen molar-refractivity contribution in [2.75, 3.05) is 0 Å². The van der Waals surface area contributed by atoms with Crippen LogP contribution in [0.15, 0.2) is 158 Å². The van der Waals surface area contributed by atoms with Crippen molar-refractivity contribution >= 4 is 32.3 Å². The van der Waals surface area contributed by atoms with Crippen LogP contribution in [0, 0.1) is 12.1 Å². The van der Waals surface area contributed by atoms with Crippen molar-refractivity contribution in [2.45, 2.75) is 0 Å². The van der Waals surface area contributed by atoms with Crippen LogP contribution in [-0.2, 0) is 32.7 Å². The van der Waals surface area contributed by atoms with E-state index in [2.05, 4.69) is 152 Å². The van der Waals surface area contributed by atoms with Gasteiger partial charge in [0, 0.05) is 32.7 Å². The van der Waals surface area contributed by atoms with E-state index in [1.54, 1.807) is 0 Å². The minimum atomic E-state index is 0. The maximum absolute atomic E-state index is 3.53. The first-order valence-corrected chi connectivity index (χ1v) is 14.4. The third kappa shape index (κ3) is 5.02. The van der Waals surface area contributed by atoms with Crippen LogP contribution in [0.2, 0.25) is 0 Å². The average molecular weight is 620 g/mol. The second-order valence-electron chi connectivity index (χ2n) is 10.7. The number of fused-ring (bicyclic) bond motifs is 3. The van der Waals surface area contributed by atoms with Crippen molar-refractivity contribution in [3.8, 4) is 44.5 Å². The summed E-state index contributed by atoms with van der Waals surface area (Å²) in [5.74, 6) is 0. The van der Waals surface area contributed by atoms with E-state index in [-0.39, 0.29) is 32.7 Å². The molecule has 0 fully saturated rings. The van der Waals surface area contributed by atoms with Gasteiger partial charge in [0.15, 0.2) is 0 Å². The average Bonchev–Trinajstić information content (AvgIpc) is 3.07. The van der Waals surface area contributed by atoms with Gasteiger partial charge < -0.3 is 0 Å². The van der Waals surface area contributed by atoms with Crippen LogP contribution in [0.3, 0.4) is 0 Å². The summed E-state index contributed by atoms with van der Waals surface area (Å²) in [5, 5.41) is 7.53. The first-order valence-electron chi connectivity index (χ1n) is 14.4. The molecule has 1 heteroatoms. The molecule has 0 aliphatic carbocycles. The molecule has 0 saturated heterocycles. The Morgan fingerprint density at radius 2 is 0.860 bits per heavy atom. The van der Waals surface area contributed by atoms with Crippen LogP contribution >= 0.6 is 0 Å². The third-order valence-corrected chi connectivity index (χ3v) is 8.29. The Hall–Kier alpha value is -4.36. The topological polar surface area (TPSA) is 0 Å². The summed E-state index contributed by atoms with van der Waals surface area (Å²) in [6, 6.07) is 63.3. The molecule has 0 N–H and O–H groups in total. The number of hydrogen-bond acceptors (Lipinski definition) is 0. The summed E-state index contributed by atoms with van der Waals surface area (Å²) in [5.41, 5.74) is 9.48. The summed E-state index contributed by atoms with van der Waals surface area (Å²) in [6.07, 6.45) is 0. The van der Waals surface area contributed by atoms with Crippen LogP contribution in [0.25, 0.3) is 76.8 Å². The van der Waals surface area contributed by atoms with E-state index < -0.39 is 0 Å².